The van der Waals surface area contributed by atoms with Gasteiger partial charge in [-0.05, 0) is 67.7 Å². The Morgan fingerprint density at radius 2 is 2.15 bits per heavy atom. The number of carbonyl (C=O) groups excluding carboxylic acids is 1. The van der Waals surface area contributed by atoms with Crippen molar-refractivity contribution in [1.82, 2.24) is 5.32 Å². The summed E-state index contributed by atoms with van der Waals surface area (Å²) < 4.78 is 2.20. The highest BCUT2D eigenvalue weighted by Crippen LogP contribution is 2.38. The summed E-state index contributed by atoms with van der Waals surface area (Å²) in [7, 11) is 1.94. The fourth-order valence-electron chi connectivity index (χ4n) is 2.48. The van der Waals surface area contributed by atoms with Crippen molar-refractivity contribution < 1.29 is 4.79 Å². The molecule has 1 aliphatic rings. The van der Waals surface area contributed by atoms with Crippen molar-refractivity contribution in [2.45, 2.75) is 12.5 Å². The van der Waals surface area contributed by atoms with Gasteiger partial charge in [-0.1, -0.05) is 12.1 Å². The average Bonchev–Trinajstić information content (AvgIpc) is 2.92. The molecule has 1 atom stereocenters. The van der Waals surface area contributed by atoms with Gasteiger partial charge in [-0.2, -0.15) is 0 Å². The van der Waals surface area contributed by atoms with Crippen LogP contribution in [0.3, 0.4) is 0 Å². The summed E-state index contributed by atoms with van der Waals surface area (Å²) in [5.41, 5.74) is 4.35. The van der Waals surface area contributed by atoms with E-state index in [1.54, 1.807) is 11.3 Å². The zero-order valence-electron chi connectivity index (χ0n) is 10.7. The third kappa shape index (κ3) is 2.57. The predicted octanol–water partition coefficient (Wildman–Crippen LogP) is 4.08. The Morgan fingerprint density at radius 1 is 1.35 bits per heavy atom. The van der Waals surface area contributed by atoms with Crippen LogP contribution in [0.25, 0.3) is 0 Å². The molecule has 20 heavy (non-hydrogen) atoms. The third-order valence-corrected chi connectivity index (χ3v) is 5.76. The number of anilines is 1. The van der Waals surface area contributed by atoms with E-state index in [1.807, 2.05) is 13.1 Å². The number of rotatable bonds is 3. The standard InChI is InChI=1S/C14H12Br2N2OS/c1-17-13(9-6-11(15)20-14(9)16)7-2-3-10-8(4-7)5-12(19)18-10/h2-4,6,13,17H,5H2,1H3,(H,18,19). The Hall–Kier alpha value is -0.690. The molecule has 0 aliphatic carbocycles. The minimum absolute atomic E-state index is 0.0672. The zero-order valence-corrected chi connectivity index (χ0v) is 14.7. The monoisotopic (exact) mass is 414 g/mol. The van der Waals surface area contributed by atoms with E-state index in [2.05, 4.69) is 60.7 Å². The lowest BCUT2D eigenvalue weighted by Crippen LogP contribution is -2.17. The molecule has 2 N–H and O–H groups in total. The van der Waals surface area contributed by atoms with Crippen LogP contribution in [0.15, 0.2) is 31.8 Å². The van der Waals surface area contributed by atoms with Crippen LogP contribution in [0.1, 0.15) is 22.7 Å². The van der Waals surface area contributed by atoms with Crippen LogP contribution >= 0.6 is 43.2 Å². The summed E-state index contributed by atoms with van der Waals surface area (Å²) in [6.07, 6.45) is 0.466. The Kier molecular flexibility index (Phi) is 3.99. The van der Waals surface area contributed by atoms with Gasteiger partial charge in [-0.3, -0.25) is 4.79 Å². The molecule has 6 heteroatoms. The lowest BCUT2D eigenvalue weighted by Gasteiger charge is -2.17. The zero-order chi connectivity index (χ0) is 14.3. The Bertz CT molecular complexity index is 684. The molecule has 1 aromatic carbocycles. The van der Waals surface area contributed by atoms with Crippen molar-refractivity contribution in [3.05, 3.63) is 48.5 Å². The molecule has 2 aromatic rings. The van der Waals surface area contributed by atoms with Gasteiger partial charge in [0.15, 0.2) is 0 Å². The van der Waals surface area contributed by atoms with Crippen molar-refractivity contribution in [3.8, 4) is 0 Å². The van der Waals surface area contributed by atoms with E-state index >= 15 is 0 Å². The van der Waals surface area contributed by atoms with E-state index in [4.69, 9.17) is 0 Å². The van der Waals surface area contributed by atoms with Gasteiger partial charge in [0.1, 0.15) is 0 Å². The van der Waals surface area contributed by atoms with Crippen molar-refractivity contribution in [1.29, 1.82) is 0 Å². The van der Waals surface area contributed by atoms with Gasteiger partial charge in [0.25, 0.3) is 0 Å². The molecular formula is C14H12Br2N2OS. The van der Waals surface area contributed by atoms with E-state index in [-0.39, 0.29) is 11.9 Å². The number of hydrogen-bond donors (Lipinski definition) is 2. The lowest BCUT2D eigenvalue weighted by molar-refractivity contribution is -0.115. The summed E-state index contributed by atoms with van der Waals surface area (Å²) in [4.78, 5) is 11.4. The number of thiophene rings is 1. The number of hydrogen-bond acceptors (Lipinski definition) is 3. The minimum Gasteiger partial charge on any atom is -0.326 e. The van der Waals surface area contributed by atoms with Gasteiger partial charge in [-0.25, -0.2) is 0 Å². The number of halogens is 2. The number of nitrogens with one attached hydrogen (secondary N) is 2. The molecular weight excluding hydrogens is 404 g/mol. The number of amides is 1. The van der Waals surface area contributed by atoms with Crippen LogP contribution < -0.4 is 10.6 Å². The van der Waals surface area contributed by atoms with E-state index in [1.165, 1.54) is 5.56 Å². The topological polar surface area (TPSA) is 41.1 Å². The van der Waals surface area contributed by atoms with Crippen LogP contribution in [0.2, 0.25) is 0 Å². The van der Waals surface area contributed by atoms with Gasteiger partial charge in [0.2, 0.25) is 5.91 Å². The molecule has 0 spiro atoms. The summed E-state index contributed by atoms with van der Waals surface area (Å²) in [6.45, 7) is 0. The first-order chi connectivity index (χ1) is 9.58. The molecule has 1 aliphatic heterocycles. The maximum Gasteiger partial charge on any atom is 0.228 e. The number of benzene rings is 1. The SMILES string of the molecule is CNC(c1ccc2c(c1)CC(=O)N2)c1cc(Br)sc1Br. The first-order valence-electron chi connectivity index (χ1n) is 6.13. The highest BCUT2D eigenvalue weighted by molar-refractivity contribution is 9.12. The Balaban J connectivity index is 2.00. The first kappa shape index (κ1) is 14.3. The Morgan fingerprint density at radius 3 is 2.80 bits per heavy atom. The van der Waals surface area contributed by atoms with Crippen molar-refractivity contribution in [2.24, 2.45) is 0 Å². The molecule has 2 heterocycles. The molecule has 1 amide bonds. The second-order valence-electron chi connectivity index (χ2n) is 4.64. The number of fused-ring (bicyclic) bond motifs is 1. The van der Waals surface area contributed by atoms with Crippen molar-refractivity contribution >= 4 is 54.8 Å². The molecule has 3 rings (SSSR count). The molecule has 3 nitrogen and oxygen atoms in total. The fraction of sp³-hybridized carbons (Fsp3) is 0.214. The van der Waals surface area contributed by atoms with Crippen LogP contribution in [0.4, 0.5) is 5.69 Å². The van der Waals surface area contributed by atoms with Crippen LogP contribution in [-0.2, 0) is 11.2 Å². The largest absolute Gasteiger partial charge is 0.326 e. The summed E-state index contributed by atoms with van der Waals surface area (Å²) in [5.74, 6) is 0.0672. The first-order valence-corrected chi connectivity index (χ1v) is 8.53. The van der Waals surface area contributed by atoms with Gasteiger partial charge in [-0.15, -0.1) is 11.3 Å². The molecule has 0 saturated heterocycles. The molecule has 104 valence electrons. The van der Waals surface area contributed by atoms with Gasteiger partial charge < -0.3 is 10.6 Å². The summed E-state index contributed by atoms with van der Waals surface area (Å²) >= 11 is 8.79. The fourth-order valence-corrected chi connectivity index (χ4v) is 5.38. The van der Waals surface area contributed by atoms with E-state index in [0.717, 1.165) is 24.4 Å². The highest BCUT2D eigenvalue weighted by atomic mass is 79.9. The maximum absolute atomic E-state index is 11.4. The normalized spacial score (nSPS) is 15.1. The molecule has 1 unspecified atom stereocenters. The number of carbonyl (C=O) groups is 1. The van der Waals surface area contributed by atoms with Crippen molar-refractivity contribution in [2.75, 3.05) is 12.4 Å². The molecule has 0 fully saturated rings. The third-order valence-electron chi connectivity index (χ3n) is 3.37. The molecule has 0 saturated carbocycles. The second-order valence-corrected chi connectivity index (χ2v) is 8.39. The van der Waals surface area contributed by atoms with Crippen LogP contribution in [-0.4, -0.2) is 13.0 Å². The molecule has 1 aromatic heterocycles. The van der Waals surface area contributed by atoms with E-state index in [0.29, 0.717) is 6.42 Å². The summed E-state index contributed by atoms with van der Waals surface area (Å²) in [6, 6.07) is 8.37. The van der Waals surface area contributed by atoms with Crippen LogP contribution in [0.5, 0.6) is 0 Å². The van der Waals surface area contributed by atoms with Crippen LogP contribution in [0, 0.1) is 0 Å². The lowest BCUT2D eigenvalue weighted by atomic mass is 9.98. The second kappa shape index (κ2) is 5.60. The predicted molar refractivity (Wildman–Crippen MR) is 89.4 cm³/mol. The van der Waals surface area contributed by atoms with E-state index in [9.17, 15) is 4.79 Å². The summed E-state index contributed by atoms with van der Waals surface area (Å²) in [5, 5.41) is 6.20. The molecule has 0 radical (unpaired) electrons. The highest BCUT2D eigenvalue weighted by Gasteiger charge is 2.22. The quantitative estimate of drug-likeness (QED) is 0.792. The van der Waals surface area contributed by atoms with E-state index < -0.39 is 0 Å². The smallest absolute Gasteiger partial charge is 0.228 e. The average molecular weight is 416 g/mol. The van der Waals surface area contributed by atoms with Gasteiger partial charge >= 0.3 is 0 Å². The minimum atomic E-state index is 0.0672. The molecule has 0 bridgehead atoms. The van der Waals surface area contributed by atoms with Gasteiger partial charge in [0.05, 0.1) is 20.0 Å². The maximum atomic E-state index is 11.4. The Labute approximate surface area is 138 Å². The van der Waals surface area contributed by atoms with Crippen molar-refractivity contribution in [3.63, 3.8) is 0 Å². The van der Waals surface area contributed by atoms with Gasteiger partial charge in [0, 0.05) is 5.69 Å².